The summed E-state index contributed by atoms with van der Waals surface area (Å²) in [5, 5.41) is 5.77. The Bertz CT molecular complexity index is 639. The first kappa shape index (κ1) is 18.4. The average molecular weight is 357 g/mol. The average Bonchev–Trinajstić information content (AvgIpc) is 3.06. The molecule has 140 valence electrons. The second-order valence-corrected chi connectivity index (χ2v) is 7.28. The van der Waals surface area contributed by atoms with Crippen molar-refractivity contribution in [2.24, 2.45) is 5.92 Å². The molecule has 2 fully saturated rings. The highest BCUT2D eigenvalue weighted by molar-refractivity contribution is 5.90. The van der Waals surface area contributed by atoms with Crippen LogP contribution < -0.4 is 10.6 Å². The van der Waals surface area contributed by atoms with E-state index in [1.165, 1.54) is 0 Å². The maximum atomic E-state index is 12.3. The van der Waals surface area contributed by atoms with Gasteiger partial charge in [0.2, 0.25) is 17.7 Å². The van der Waals surface area contributed by atoms with Gasteiger partial charge in [0.05, 0.1) is 0 Å². The molecule has 2 saturated heterocycles. The molecule has 2 aliphatic heterocycles. The Morgan fingerprint density at radius 1 is 1.12 bits per heavy atom. The zero-order chi connectivity index (χ0) is 18.4. The highest BCUT2D eigenvalue weighted by atomic mass is 16.2. The second-order valence-electron chi connectivity index (χ2n) is 7.28. The van der Waals surface area contributed by atoms with Crippen molar-refractivity contribution in [3.8, 4) is 0 Å². The summed E-state index contributed by atoms with van der Waals surface area (Å²) in [6.45, 7) is 1.51. The lowest BCUT2D eigenvalue weighted by atomic mass is 9.91. The highest BCUT2D eigenvalue weighted by Crippen LogP contribution is 2.23. The van der Waals surface area contributed by atoms with Gasteiger partial charge in [-0.1, -0.05) is 18.2 Å². The molecule has 0 saturated carbocycles. The number of benzene rings is 1. The fourth-order valence-corrected chi connectivity index (χ4v) is 3.72. The van der Waals surface area contributed by atoms with E-state index in [-0.39, 0.29) is 23.8 Å². The van der Waals surface area contributed by atoms with Crippen LogP contribution in [0.4, 0.5) is 5.69 Å². The topological polar surface area (TPSA) is 78.5 Å². The summed E-state index contributed by atoms with van der Waals surface area (Å²) in [5.74, 6) is 0.728. The molecule has 0 unspecified atom stereocenters. The molecule has 3 amide bonds. The normalized spacial score (nSPS) is 20.7. The number of nitrogens with one attached hydrogen (secondary N) is 2. The lowest BCUT2D eigenvalue weighted by molar-refractivity contribution is -0.133. The van der Waals surface area contributed by atoms with Crippen LogP contribution in [-0.2, 0) is 14.4 Å². The molecule has 1 aromatic rings. The lowest BCUT2D eigenvalue weighted by Gasteiger charge is -2.32. The zero-order valence-corrected chi connectivity index (χ0v) is 15.1. The molecule has 2 heterocycles. The number of anilines is 1. The van der Waals surface area contributed by atoms with Gasteiger partial charge in [-0.05, 0) is 43.7 Å². The first-order chi connectivity index (χ1) is 12.6. The minimum Gasteiger partial charge on any atom is -0.353 e. The predicted molar refractivity (Wildman–Crippen MR) is 99.4 cm³/mol. The van der Waals surface area contributed by atoms with Crippen LogP contribution >= 0.6 is 0 Å². The molecule has 2 N–H and O–H groups in total. The van der Waals surface area contributed by atoms with Crippen LogP contribution in [-0.4, -0.2) is 41.8 Å². The van der Waals surface area contributed by atoms with E-state index in [0.29, 0.717) is 25.2 Å². The van der Waals surface area contributed by atoms with Crippen LogP contribution in [0.2, 0.25) is 0 Å². The molecule has 1 atom stereocenters. The van der Waals surface area contributed by atoms with Gasteiger partial charge in [-0.15, -0.1) is 0 Å². The zero-order valence-electron chi connectivity index (χ0n) is 15.1. The van der Waals surface area contributed by atoms with Gasteiger partial charge in [0, 0.05) is 44.1 Å². The number of para-hydroxylation sites is 1. The molecule has 3 rings (SSSR count). The van der Waals surface area contributed by atoms with Crippen LogP contribution in [0.15, 0.2) is 30.3 Å². The molecule has 0 bridgehead atoms. The van der Waals surface area contributed by atoms with E-state index in [9.17, 15) is 14.4 Å². The van der Waals surface area contributed by atoms with Gasteiger partial charge in [-0.25, -0.2) is 0 Å². The summed E-state index contributed by atoms with van der Waals surface area (Å²) in [6, 6.07) is 9.50. The summed E-state index contributed by atoms with van der Waals surface area (Å²) in [4.78, 5) is 37.5. The van der Waals surface area contributed by atoms with Crippen LogP contribution in [0.25, 0.3) is 0 Å². The monoisotopic (exact) mass is 357 g/mol. The van der Waals surface area contributed by atoms with Crippen molar-refractivity contribution < 1.29 is 14.4 Å². The fraction of sp³-hybridized carbons (Fsp3) is 0.550. The molecular weight excluding hydrogens is 330 g/mol. The van der Waals surface area contributed by atoms with Crippen molar-refractivity contribution in [2.45, 2.75) is 51.0 Å². The van der Waals surface area contributed by atoms with Gasteiger partial charge >= 0.3 is 0 Å². The van der Waals surface area contributed by atoms with Crippen LogP contribution in [0.1, 0.15) is 44.9 Å². The largest absolute Gasteiger partial charge is 0.353 e. The Balaban J connectivity index is 1.34. The van der Waals surface area contributed by atoms with E-state index < -0.39 is 0 Å². The smallest absolute Gasteiger partial charge is 0.224 e. The van der Waals surface area contributed by atoms with E-state index in [2.05, 4.69) is 10.6 Å². The van der Waals surface area contributed by atoms with Gasteiger partial charge in [-0.3, -0.25) is 14.4 Å². The van der Waals surface area contributed by atoms with Crippen LogP contribution in [0, 0.1) is 5.92 Å². The van der Waals surface area contributed by atoms with E-state index in [1.807, 2.05) is 35.2 Å². The highest BCUT2D eigenvalue weighted by Gasteiger charge is 2.28. The first-order valence-electron chi connectivity index (χ1n) is 9.52. The van der Waals surface area contributed by atoms with Crippen LogP contribution in [0.3, 0.4) is 0 Å². The number of hydrogen-bond acceptors (Lipinski definition) is 3. The van der Waals surface area contributed by atoms with E-state index in [1.54, 1.807) is 0 Å². The van der Waals surface area contributed by atoms with Gasteiger partial charge in [0.15, 0.2) is 0 Å². The number of piperidine rings is 1. The number of likely N-dealkylation sites (tertiary alicyclic amines) is 1. The number of hydrogen-bond donors (Lipinski definition) is 2. The summed E-state index contributed by atoms with van der Waals surface area (Å²) >= 11 is 0. The van der Waals surface area contributed by atoms with Gasteiger partial charge in [-0.2, -0.15) is 0 Å². The quantitative estimate of drug-likeness (QED) is 0.820. The standard InChI is InChI=1S/C20H27N3O3/c24-18(21-16-4-2-1-3-5-16)8-6-15-10-12-23(13-11-15)20(26)14-17-7-9-19(25)22-17/h1-5,15,17H,6-14H2,(H,21,24)(H,22,25)/t17-/m0/s1. The van der Waals surface area contributed by atoms with Crippen molar-refractivity contribution >= 4 is 23.4 Å². The first-order valence-corrected chi connectivity index (χ1v) is 9.52. The molecule has 26 heavy (non-hydrogen) atoms. The summed E-state index contributed by atoms with van der Waals surface area (Å²) in [6.07, 6.45) is 4.97. The third-order valence-electron chi connectivity index (χ3n) is 5.31. The molecule has 6 heteroatoms. The Kier molecular flexibility index (Phi) is 6.26. The minimum absolute atomic E-state index is 0.00871. The molecule has 0 spiro atoms. The molecular formula is C20H27N3O3. The number of amides is 3. The Hall–Kier alpha value is -2.37. The van der Waals surface area contributed by atoms with Crippen LogP contribution in [0.5, 0.6) is 0 Å². The summed E-state index contributed by atoms with van der Waals surface area (Å²) in [7, 11) is 0. The van der Waals surface area contributed by atoms with Crippen molar-refractivity contribution in [1.29, 1.82) is 0 Å². The van der Waals surface area contributed by atoms with E-state index in [0.717, 1.165) is 44.5 Å². The summed E-state index contributed by atoms with van der Waals surface area (Å²) < 4.78 is 0. The van der Waals surface area contributed by atoms with E-state index in [4.69, 9.17) is 0 Å². The molecule has 0 radical (unpaired) electrons. The van der Waals surface area contributed by atoms with Crippen molar-refractivity contribution in [3.05, 3.63) is 30.3 Å². The molecule has 1 aromatic carbocycles. The SMILES string of the molecule is O=C(CCC1CCN(C(=O)C[C@@H]2CCC(=O)N2)CC1)Nc1ccccc1. The van der Waals surface area contributed by atoms with Gasteiger partial charge in [0.25, 0.3) is 0 Å². The Labute approximate surface area is 154 Å². The van der Waals surface area contributed by atoms with Crippen molar-refractivity contribution in [3.63, 3.8) is 0 Å². The molecule has 2 aliphatic rings. The molecule has 0 aliphatic carbocycles. The van der Waals surface area contributed by atoms with Crippen molar-refractivity contribution in [2.75, 3.05) is 18.4 Å². The van der Waals surface area contributed by atoms with Crippen molar-refractivity contribution in [1.82, 2.24) is 10.2 Å². The minimum atomic E-state index is 0.00871. The number of nitrogens with zero attached hydrogens (tertiary/aromatic N) is 1. The number of rotatable bonds is 6. The van der Waals surface area contributed by atoms with Gasteiger partial charge < -0.3 is 15.5 Å². The number of carbonyl (C=O) groups excluding carboxylic acids is 3. The lowest BCUT2D eigenvalue weighted by Crippen LogP contribution is -2.41. The maximum Gasteiger partial charge on any atom is 0.224 e. The Morgan fingerprint density at radius 3 is 2.50 bits per heavy atom. The third kappa shape index (κ3) is 5.31. The predicted octanol–water partition coefficient (Wildman–Crippen LogP) is 2.31. The Morgan fingerprint density at radius 2 is 1.85 bits per heavy atom. The third-order valence-corrected chi connectivity index (χ3v) is 5.31. The van der Waals surface area contributed by atoms with Gasteiger partial charge in [0.1, 0.15) is 0 Å². The summed E-state index contributed by atoms with van der Waals surface area (Å²) in [5.41, 5.74) is 0.830. The maximum absolute atomic E-state index is 12.3. The fourth-order valence-electron chi connectivity index (χ4n) is 3.72. The van der Waals surface area contributed by atoms with E-state index >= 15 is 0 Å². The molecule has 6 nitrogen and oxygen atoms in total. The second kappa shape index (κ2) is 8.83. The molecule has 0 aromatic heterocycles. The number of carbonyl (C=O) groups is 3.